The summed E-state index contributed by atoms with van der Waals surface area (Å²) in [6.07, 6.45) is 37.7. The Bertz CT molecular complexity index is 837. The van der Waals surface area contributed by atoms with Gasteiger partial charge in [-0.3, -0.25) is 9.97 Å². The van der Waals surface area contributed by atoms with Gasteiger partial charge in [0, 0.05) is 11.6 Å². The maximum atomic E-state index is 5.10. The molecule has 0 spiro atoms. The number of hydrogen-bond donors (Lipinski definition) is 0. The standard InChI is InChI=1S/C33H55BN2S/c1-2-4-9-13-17-21-25-29(24-20-16-12-8-3-1)34-33-36-31-27-35-30(26-32(31)37-33)28-22-18-14-10-6-5-7-11-15-19-23-28/h26-29,34H,1-25H2. The molecule has 2 saturated carbocycles. The molecule has 206 valence electrons. The summed E-state index contributed by atoms with van der Waals surface area (Å²) in [4.78, 5) is 11.5. The fourth-order valence-corrected chi connectivity index (χ4v) is 7.99. The Kier molecular flexibility index (Phi) is 13.9. The zero-order valence-corrected chi connectivity index (χ0v) is 24.8. The van der Waals surface area contributed by atoms with Crippen molar-refractivity contribution in [2.75, 3.05) is 0 Å². The summed E-state index contributed by atoms with van der Waals surface area (Å²) < 4.78 is 1.39. The Morgan fingerprint density at radius 1 is 0.568 bits per heavy atom. The third-order valence-electron chi connectivity index (χ3n) is 9.30. The number of aromatic nitrogens is 2. The van der Waals surface area contributed by atoms with Crippen molar-refractivity contribution in [3.05, 3.63) is 18.0 Å². The lowest BCUT2D eigenvalue weighted by atomic mass is 9.61. The van der Waals surface area contributed by atoms with E-state index in [9.17, 15) is 0 Å². The summed E-state index contributed by atoms with van der Waals surface area (Å²) in [5, 5.41) is 0. The molecule has 0 amide bonds. The lowest BCUT2D eigenvalue weighted by molar-refractivity contribution is 0.462. The largest absolute Gasteiger partial charge is 0.259 e. The molecule has 0 radical (unpaired) electrons. The minimum atomic E-state index is 0.651. The van der Waals surface area contributed by atoms with Crippen molar-refractivity contribution in [1.82, 2.24) is 9.97 Å². The number of rotatable bonds is 3. The Balaban J connectivity index is 1.36. The van der Waals surface area contributed by atoms with Crippen molar-refractivity contribution in [3.8, 4) is 0 Å². The predicted octanol–water partition coefficient (Wildman–Crippen LogP) is 10.4. The van der Waals surface area contributed by atoms with Crippen LogP contribution in [-0.4, -0.2) is 17.2 Å². The molecular weight excluding hydrogens is 467 g/mol. The second-order valence-corrected chi connectivity index (χ2v) is 13.6. The van der Waals surface area contributed by atoms with Crippen LogP contribution in [0.25, 0.3) is 10.2 Å². The van der Waals surface area contributed by atoms with Gasteiger partial charge in [0.15, 0.2) is 7.28 Å². The van der Waals surface area contributed by atoms with E-state index in [1.807, 2.05) is 11.3 Å². The van der Waals surface area contributed by atoms with Crippen molar-refractivity contribution in [2.45, 2.75) is 172 Å². The van der Waals surface area contributed by atoms with Gasteiger partial charge >= 0.3 is 0 Å². The van der Waals surface area contributed by atoms with E-state index in [0.29, 0.717) is 5.92 Å². The van der Waals surface area contributed by atoms with Crippen molar-refractivity contribution in [1.29, 1.82) is 0 Å². The Morgan fingerprint density at radius 2 is 1.00 bits per heavy atom. The molecule has 0 atom stereocenters. The first-order chi connectivity index (χ1) is 18.4. The van der Waals surface area contributed by atoms with Crippen LogP contribution in [0.1, 0.15) is 172 Å². The Morgan fingerprint density at radius 3 is 1.49 bits per heavy atom. The average Bonchev–Trinajstić information content (AvgIpc) is 3.29. The number of pyridine rings is 1. The molecular formula is C33H55BN2S. The molecule has 4 heteroatoms. The maximum absolute atomic E-state index is 5.10. The minimum absolute atomic E-state index is 0.651. The predicted molar refractivity (Wildman–Crippen MR) is 166 cm³/mol. The molecule has 4 rings (SSSR count). The Labute approximate surface area is 233 Å². The zero-order chi connectivity index (χ0) is 25.4. The number of hydrogen-bond acceptors (Lipinski definition) is 3. The molecule has 2 aliphatic rings. The molecule has 2 fully saturated rings. The minimum Gasteiger partial charge on any atom is -0.259 e. The van der Waals surface area contributed by atoms with E-state index in [-0.39, 0.29) is 0 Å². The van der Waals surface area contributed by atoms with Crippen LogP contribution in [0.4, 0.5) is 0 Å². The third-order valence-corrected chi connectivity index (χ3v) is 10.3. The van der Waals surface area contributed by atoms with Gasteiger partial charge in [-0.15, -0.1) is 11.3 Å². The van der Waals surface area contributed by atoms with Crippen LogP contribution in [0, 0.1) is 0 Å². The van der Waals surface area contributed by atoms with Gasteiger partial charge in [-0.05, 0) is 18.9 Å². The molecule has 37 heavy (non-hydrogen) atoms. The molecule has 0 saturated heterocycles. The van der Waals surface area contributed by atoms with Gasteiger partial charge in [-0.25, -0.2) is 0 Å². The van der Waals surface area contributed by atoms with Crippen molar-refractivity contribution in [2.24, 2.45) is 0 Å². The molecule has 0 aromatic carbocycles. The summed E-state index contributed by atoms with van der Waals surface area (Å²) in [6, 6.07) is 2.43. The molecule has 2 aromatic rings. The summed E-state index contributed by atoms with van der Waals surface area (Å²) >= 11 is 1.98. The molecule has 2 aliphatic carbocycles. The second kappa shape index (κ2) is 17.6. The molecule has 0 unspecified atom stereocenters. The summed E-state index contributed by atoms with van der Waals surface area (Å²) in [5.74, 6) is 1.47. The van der Waals surface area contributed by atoms with Crippen LogP contribution in [0.2, 0.25) is 5.82 Å². The van der Waals surface area contributed by atoms with Crippen molar-refractivity contribution >= 4 is 33.7 Å². The molecule has 0 bridgehead atoms. The van der Waals surface area contributed by atoms with E-state index >= 15 is 0 Å². The molecule has 0 N–H and O–H groups in total. The quantitative estimate of drug-likeness (QED) is 0.375. The summed E-state index contributed by atoms with van der Waals surface area (Å²) in [5.41, 5.74) is 2.50. The molecule has 2 heterocycles. The van der Waals surface area contributed by atoms with Crippen LogP contribution in [-0.2, 0) is 0 Å². The fraction of sp³-hybridized carbons (Fsp3) is 0.818. The van der Waals surface area contributed by atoms with Gasteiger partial charge in [0.25, 0.3) is 0 Å². The number of fused-ring (bicyclic) bond motifs is 1. The highest BCUT2D eigenvalue weighted by atomic mass is 32.1. The number of nitrogens with zero attached hydrogens (tertiary/aromatic N) is 2. The van der Waals surface area contributed by atoms with Crippen LogP contribution < -0.4 is 4.91 Å². The third kappa shape index (κ3) is 11.0. The van der Waals surface area contributed by atoms with Crippen LogP contribution in [0.15, 0.2) is 12.3 Å². The Hall–Kier alpha value is -0.895. The molecule has 2 aromatic heterocycles. The van der Waals surface area contributed by atoms with Gasteiger partial charge in [-0.2, -0.15) is 0 Å². The van der Waals surface area contributed by atoms with Gasteiger partial charge in [0.2, 0.25) is 0 Å². The van der Waals surface area contributed by atoms with E-state index < -0.39 is 0 Å². The van der Waals surface area contributed by atoms with Crippen molar-refractivity contribution in [3.63, 3.8) is 0 Å². The average molecular weight is 523 g/mol. The fourth-order valence-electron chi connectivity index (χ4n) is 6.89. The monoisotopic (exact) mass is 522 g/mol. The lowest BCUT2D eigenvalue weighted by Crippen LogP contribution is -2.19. The molecule has 2 nitrogen and oxygen atoms in total. The molecule has 0 aliphatic heterocycles. The van der Waals surface area contributed by atoms with Crippen molar-refractivity contribution < 1.29 is 0 Å². The van der Waals surface area contributed by atoms with E-state index in [1.54, 1.807) is 0 Å². The van der Waals surface area contributed by atoms with E-state index in [2.05, 4.69) is 12.3 Å². The first-order valence-corrected chi connectivity index (χ1v) is 17.5. The zero-order valence-electron chi connectivity index (χ0n) is 24.0. The van der Waals surface area contributed by atoms with Gasteiger partial charge in [-0.1, -0.05) is 153 Å². The SMILES string of the molecule is B(c1nc2cnc(C3CCCCCCCCCCC3)cc2s1)C1CCCCCCCCCCCCCC1. The first kappa shape index (κ1) is 29.1. The topological polar surface area (TPSA) is 25.8 Å². The normalized spacial score (nSPS) is 22.4. The van der Waals surface area contributed by atoms with Gasteiger partial charge in [0.1, 0.15) is 0 Å². The highest BCUT2D eigenvalue weighted by molar-refractivity contribution is 7.26. The highest BCUT2D eigenvalue weighted by Gasteiger charge is 2.18. The van der Waals surface area contributed by atoms with E-state index in [0.717, 1.165) is 11.3 Å². The summed E-state index contributed by atoms with van der Waals surface area (Å²) in [7, 11) is 1.19. The van der Waals surface area contributed by atoms with E-state index in [4.69, 9.17) is 9.97 Å². The van der Waals surface area contributed by atoms with Gasteiger partial charge < -0.3 is 0 Å². The maximum Gasteiger partial charge on any atom is 0.199 e. The van der Waals surface area contributed by atoms with E-state index in [1.165, 1.54) is 183 Å². The highest BCUT2D eigenvalue weighted by Crippen LogP contribution is 2.31. The smallest absolute Gasteiger partial charge is 0.199 e. The lowest BCUT2D eigenvalue weighted by Gasteiger charge is -2.17. The summed E-state index contributed by atoms with van der Waals surface area (Å²) in [6.45, 7) is 0. The van der Waals surface area contributed by atoms with Gasteiger partial charge in [0.05, 0.1) is 21.3 Å². The van der Waals surface area contributed by atoms with Crippen LogP contribution >= 0.6 is 11.3 Å². The number of thiazole rings is 1. The first-order valence-electron chi connectivity index (χ1n) is 16.6. The van der Waals surface area contributed by atoms with Crippen LogP contribution in [0.3, 0.4) is 0 Å². The van der Waals surface area contributed by atoms with Crippen LogP contribution in [0.5, 0.6) is 0 Å². The second-order valence-electron chi connectivity index (χ2n) is 12.5.